The summed E-state index contributed by atoms with van der Waals surface area (Å²) in [7, 11) is 4.46. The van der Waals surface area contributed by atoms with E-state index < -0.39 is 46.6 Å². The van der Waals surface area contributed by atoms with E-state index in [-0.39, 0.29) is 23.7 Å². The molecule has 0 aliphatic heterocycles. The van der Waals surface area contributed by atoms with Gasteiger partial charge >= 0.3 is 18.5 Å². The molecular formula is C62H48Cl2F10O11. The van der Waals surface area contributed by atoms with Crippen LogP contribution in [0.2, 0.25) is 10.0 Å². The molecule has 8 aromatic rings. The molecule has 85 heavy (non-hydrogen) atoms. The van der Waals surface area contributed by atoms with Gasteiger partial charge in [-0.25, -0.2) is 4.39 Å². The van der Waals surface area contributed by atoms with Crippen LogP contribution in [-0.4, -0.2) is 59.0 Å². The first-order valence-electron chi connectivity index (χ1n) is 24.0. The molecule has 0 atom stereocenters. The second kappa shape index (κ2) is 34.9. The molecule has 11 nitrogen and oxygen atoms in total. The number of carbonyl (C=O) groups excluding carboxylic acids is 6. The maximum absolute atomic E-state index is 12.8. The first-order valence-corrected chi connectivity index (χ1v) is 24.8. The highest BCUT2D eigenvalue weighted by Gasteiger charge is 2.37. The van der Waals surface area contributed by atoms with Crippen LogP contribution in [0.1, 0.15) is 90.0 Å². The SMILES string of the molecule is COc1cc(C=O)cc(OC)c1.COc1ccc(C=O)cc1F.O=Cc1cc(C(F)(F)F)cc(C(F)(F)F)c1.O=Cc1cc(Cl)cc(Cl)c1.O=Cc1cc(OCc2ccccc2)cc(OCc2ccccc2)c1.O=Cc1cccc(C(F)(F)F)c1. The predicted octanol–water partition coefficient (Wildman–Crippen LogP) is 16.7. The van der Waals surface area contributed by atoms with Crippen molar-refractivity contribution in [3.63, 3.8) is 0 Å². The Bertz CT molecular complexity index is 3300. The van der Waals surface area contributed by atoms with E-state index in [1.54, 1.807) is 68.8 Å². The van der Waals surface area contributed by atoms with Crippen LogP contribution in [-0.2, 0) is 31.7 Å². The van der Waals surface area contributed by atoms with Crippen molar-refractivity contribution in [2.24, 2.45) is 0 Å². The zero-order valence-electron chi connectivity index (χ0n) is 44.6. The van der Waals surface area contributed by atoms with Gasteiger partial charge < -0.3 is 23.7 Å². The molecule has 8 rings (SSSR count). The molecular weight excluding hydrogens is 1180 g/mol. The molecule has 0 aliphatic carbocycles. The molecule has 0 saturated heterocycles. The van der Waals surface area contributed by atoms with E-state index in [1.165, 1.54) is 31.4 Å². The normalized spacial score (nSPS) is 10.4. The molecule has 0 fully saturated rings. The van der Waals surface area contributed by atoms with Crippen LogP contribution in [0.25, 0.3) is 0 Å². The molecule has 0 unspecified atom stereocenters. The van der Waals surface area contributed by atoms with Crippen molar-refractivity contribution in [1.82, 2.24) is 0 Å². The Morgan fingerprint density at radius 1 is 0.353 bits per heavy atom. The number of methoxy groups -OCH3 is 3. The fraction of sp³-hybridized carbons (Fsp3) is 0.129. The minimum atomic E-state index is -4.92. The summed E-state index contributed by atoms with van der Waals surface area (Å²) in [6.07, 6.45) is -11.0. The van der Waals surface area contributed by atoms with Gasteiger partial charge in [0.15, 0.2) is 11.6 Å². The highest BCUT2D eigenvalue weighted by atomic mass is 35.5. The lowest BCUT2D eigenvalue weighted by atomic mass is 10.1. The zero-order valence-corrected chi connectivity index (χ0v) is 46.2. The van der Waals surface area contributed by atoms with Gasteiger partial charge in [-0.15, -0.1) is 0 Å². The summed E-state index contributed by atoms with van der Waals surface area (Å²) >= 11 is 11.2. The molecule has 0 saturated carbocycles. The average Bonchev–Trinajstić information content (AvgIpc) is 3.45. The Hall–Kier alpha value is -9.34. The standard InChI is InChI=1S/C21H18O3.C9H4F6O.C9H10O3.C8H5F3O.C8H7FO2.C7H4Cl2O/c22-14-19-11-20(23-15-17-7-3-1-4-8-17)13-21(12-19)24-16-18-9-5-2-6-10-18;10-8(11,12)6-1-5(4-16)2-7(3-6)9(13,14)15;1-11-8-3-7(6-10)4-9(5-8)12-2;9-8(10,11)7-3-1-2-6(4-7)5-12;1-11-8-3-2-6(5-10)4-7(8)9;8-6-1-5(4-10)2-7(9)3-6/h1-14H,15-16H2;1-4H;3-6H,1-2H3;1-5H;2-5H,1H3;1-4H. The van der Waals surface area contributed by atoms with E-state index in [2.05, 4.69) is 4.74 Å². The minimum absolute atomic E-state index is 0.0322. The van der Waals surface area contributed by atoms with Crippen LogP contribution in [0.5, 0.6) is 28.7 Å². The van der Waals surface area contributed by atoms with Gasteiger partial charge in [0.1, 0.15) is 73.9 Å². The quantitative estimate of drug-likeness (QED) is 0.0713. The molecule has 0 aromatic heterocycles. The van der Waals surface area contributed by atoms with E-state index in [1.807, 2.05) is 60.7 Å². The molecule has 446 valence electrons. The van der Waals surface area contributed by atoms with Gasteiger partial charge in [0.25, 0.3) is 0 Å². The Morgan fingerprint density at radius 3 is 1.09 bits per heavy atom. The summed E-state index contributed by atoms with van der Waals surface area (Å²) in [5.74, 6) is 2.11. The third kappa shape index (κ3) is 25.8. The van der Waals surface area contributed by atoms with Crippen LogP contribution in [0.3, 0.4) is 0 Å². The monoisotopic (exact) mass is 1230 g/mol. The van der Waals surface area contributed by atoms with Gasteiger partial charge in [-0.3, -0.25) is 28.8 Å². The number of rotatable bonds is 15. The minimum Gasteiger partial charge on any atom is -0.497 e. The van der Waals surface area contributed by atoms with Gasteiger partial charge in [-0.1, -0.05) is 96.0 Å². The first-order chi connectivity index (χ1) is 40.3. The Morgan fingerprint density at radius 2 is 0.718 bits per heavy atom. The summed E-state index contributed by atoms with van der Waals surface area (Å²) < 4.78 is 148. The van der Waals surface area contributed by atoms with Crippen LogP contribution >= 0.6 is 23.2 Å². The number of ether oxygens (including phenoxy) is 5. The summed E-state index contributed by atoms with van der Waals surface area (Å²) in [6, 6.07) is 43.7. The summed E-state index contributed by atoms with van der Waals surface area (Å²) in [5, 5.41) is 0.962. The second-order valence-electron chi connectivity index (χ2n) is 16.7. The summed E-state index contributed by atoms with van der Waals surface area (Å²) in [6.45, 7) is 0.891. The zero-order chi connectivity index (χ0) is 63.2. The van der Waals surface area contributed by atoms with Crippen molar-refractivity contribution in [2.75, 3.05) is 21.3 Å². The third-order valence-corrected chi connectivity index (χ3v) is 10.9. The lowest BCUT2D eigenvalue weighted by molar-refractivity contribution is -0.143. The molecule has 0 spiro atoms. The van der Waals surface area contributed by atoms with Gasteiger partial charge in [-0.05, 0) is 102 Å². The van der Waals surface area contributed by atoms with E-state index in [9.17, 15) is 72.7 Å². The maximum Gasteiger partial charge on any atom is 0.416 e. The second-order valence-corrected chi connectivity index (χ2v) is 17.6. The van der Waals surface area contributed by atoms with Crippen LogP contribution in [0.15, 0.2) is 176 Å². The molecule has 23 heteroatoms. The van der Waals surface area contributed by atoms with E-state index >= 15 is 0 Å². The van der Waals surface area contributed by atoms with Crippen molar-refractivity contribution in [3.8, 4) is 28.7 Å². The predicted molar refractivity (Wildman–Crippen MR) is 297 cm³/mol. The first kappa shape index (κ1) is 69.9. The Balaban J connectivity index is 0.000000276. The molecule has 0 amide bonds. The van der Waals surface area contributed by atoms with Crippen molar-refractivity contribution in [2.45, 2.75) is 31.7 Å². The number of alkyl halides is 9. The lowest BCUT2D eigenvalue weighted by Crippen LogP contribution is -2.11. The Labute approximate surface area is 490 Å². The van der Waals surface area contributed by atoms with Crippen LogP contribution in [0, 0.1) is 5.82 Å². The smallest absolute Gasteiger partial charge is 0.416 e. The molecule has 0 heterocycles. The molecule has 0 N–H and O–H groups in total. The van der Waals surface area contributed by atoms with E-state index in [4.69, 9.17) is 42.1 Å². The number of hydrogen-bond donors (Lipinski definition) is 0. The topological polar surface area (TPSA) is 149 Å². The van der Waals surface area contributed by atoms with E-state index in [0.29, 0.717) is 99.5 Å². The number of carbonyl (C=O) groups is 6. The van der Waals surface area contributed by atoms with E-state index in [0.717, 1.165) is 41.9 Å². The van der Waals surface area contributed by atoms with Gasteiger partial charge in [0.2, 0.25) is 0 Å². The molecule has 8 aromatic carbocycles. The van der Waals surface area contributed by atoms with Gasteiger partial charge in [-0.2, -0.15) is 39.5 Å². The number of aldehydes is 6. The number of benzene rings is 8. The maximum atomic E-state index is 12.8. The van der Waals surface area contributed by atoms with Crippen molar-refractivity contribution in [3.05, 3.63) is 253 Å². The van der Waals surface area contributed by atoms with Gasteiger partial charge in [0, 0.05) is 55.6 Å². The Kier molecular flexibility index (Phi) is 28.8. The summed E-state index contributed by atoms with van der Waals surface area (Å²) in [4.78, 5) is 62.3. The number of halogens is 12. The fourth-order valence-electron chi connectivity index (χ4n) is 6.44. The van der Waals surface area contributed by atoms with Crippen molar-refractivity contribution < 1.29 is 96.4 Å². The highest BCUT2D eigenvalue weighted by Crippen LogP contribution is 2.36. The average molecular weight is 1230 g/mol. The molecule has 0 radical (unpaired) electrons. The molecule has 0 bridgehead atoms. The van der Waals surface area contributed by atoms with Crippen molar-refractivity contribution >= 4 is 60.9 Å². The van der Waals surface area contributed by atoms with Gasteiger partial charge in [0.05, 0.1) is 38.0 Å². The molecule has 0 aliphatic rings. The van der Waals surface area contributed by atoms with Crippen LogP contribution in [0.4, 0.5) is 43.9 Å². The highest BCUT2D eigenvalue weighted by molar-refractivity contribution is 6.35. The van der Waals surface area contributed by atoms with Crippen LogP contribution < -0.4 is 23.7 Å². The third-order valence-electron chi connectivity index (χ3n) is 10.5. The lowest BCUT2D eigenvalue weighted by Gasteiger charge is -2.12. The van der Waals surface area contributed by atoms with Crippen molar-refractivity contribution in [1.29, 1.82) is 0 Å². The summed E-state index contributed by atoms with van der Waals surface area (Å²) in [5.41, 5.74) is -0.398. The number of hydrogen-bond acceptors (Lipinski definition) is 11. The largest absolute Gasteiger partial charge is 0.497 e. The fourth-order valence-corrected chi connectivity index (χ4v) is 6.99.